The molecule has 1 atom stereocenters. The van der Waals surface area contributed by atoms with E-state index in [9.17, 15) is 14.4 Å². The second kappa shape index (κ2) is 10.4. The number of hydrogen-bond donors (Lipinski definition) is 3. The van der Waals surface area contributed by atoms with Crippen molar-refractivity contribution in [3.8, 4) is 11.1 Å². The Bertz CT molecular complexity index is 1220. The van der Waals surface area contributed by atoms with E-state index in [0.717, 1.165) is 27.8 Å². The Kier molecular flexibility index (Phi) is 7.15. The number of aryl methyl sites for hydroxylation is 1. The first-order valence-corrected chi connectivity index (χ1v) is 11.6. The number of nitrogens with one attached hydrogen (secondary N) is 2. The molecule has 0 spiro atoms. The first-order chi connectivity index (χ1) is 16.8. The number of carbonyl (C=O) groups is 3. The third-order valence-electron chi connectivity index (χ3n) is 6.28. The lowest BCUT2D eigenvalue weighted by molar-refractivity contribution is -0.141. The predicted octanol–water partition coefficient (Wildman–Crippen LogP) is 5.20. The summed E-state index contributed by atoms with van der Waals surface area (Å²) in [6, 6.07) is 21.3. The van der Waals surface area contributed by atoms with Crippen LogP contribution >= 0.6 is 0 Å². The van der Waals surface area contributed by atoms with Crippen molar-refractivity contribution < 1.29 is 24.2 Å². The lowest BCUT2D eigenvalue weighted by Crippen LogP contribution is -2.28. The van der Waals surface area contributed by atoms with Gasteiger partial charge in [0.2, 0.25) is 0 Å². The van der Waals surface area contributed by atoms with Crippen LogP contribution in [0.2, 0.25) is 0 Å². The molecule has 0 heterocycles. The van der Waals surface area contributed by atoms with Gasteiger partial charge in [-0.3, -0.25) is 14.9 Å². The number of carbonyl (C=O) groups excluding carboxylic acids is 2. The number of hydrogen-bond acceptors (Lipinski definition) is 4. The number of ether oxygens (including phenoxy) is 1. The Hall–Kier alpha value is -4.13. The SMILES string of the molecule is Cc1ccc(NC(=O)OCC2c3ccccc3-c3ccccc32)c(C(=O)NCCC(C)C(=O)O)c1. The average molecular weight is 473 g/mol. The zero-order valence-electron chi connectivity index (χ0n) is 19.7. The summed E-state index contributed by atoms with van der Waals surface area (Å²) in [5, 5.41) is 14.4. The quantitative estimate of drug-likeness (QED) is 0.418. The van der Waals surface area contributed by atoms with Gasteiger partial charge in [0.25, 0.3) is 5.91 Å². The molecule has 0 saturated heterocycles. The van der Waals surface area contributed by atoms with Crippen LogP contribution < -0.4 is 10.6 Å². The van der Waals surface area contributed by atoms with E-state index in [1.165, 1.54) is 0 Å². The largest absolute Gasteiger partial charge is 0.481 e. The summed E-state index contributed by atoms with van der Waals surface area (Å²) in [7, 11) is 0. The summed E-state index contributed by atoms with van der Waals surface area (Å²) in [5.74, 6) is -1.93. The van der Waals surface area contributed by atoms with Crippen molar-refractivity contribution in [2.45, 2.75) is 26.2 Å². The van der Waals surface area contributed by atoms with Crippen LogP contribution in [0.5, 0.6) is 0 Å². The van der Waals surface area contributed by atoms with Gasteiger partial charge in [-0.1, -0.05) is 67.1 Å². The summed E-state index contributed by atoms with van der Waals surface area (Å²) in [5.41, 5.74) is 6.00. The lowest BCUT2D eigenvalue weighted by atomic mass is 9.98. The van der Waals surface area contributed by atoms with Crippen molar-refractivity contribution in [3.63, 3.8) is 0 Å². The van der Waals surface area contributed by atoms with Crippen LogP contribution in [0.3, 0.4) is 0 Å². The summed E-state index contributed by atoms with van der Waals surface area (Å²) < 4.78 is 5.60. The first kappa shape index (κ1) is 24.0. The lowest BCUT2D eigenvalue weighted by Gasteiger charge is -2.16. The van der Waals surface area contributed by atoms with Gasteiger partial charge >= 0.3 is 12.1 Å². The molecule has 0 aromatic heterocycles. The van der Waals surface area contributed by atoms with Crippen molar-refractivity contribution in [1.29, 1.82) is 0 Å². The molecule has 0 fully saturated rings. The average Bonchev–Trinajstić information content (AvgIpc) is 3.17. The summed E-state index contributed by atoms with van der Waals surface area (Å²) in [6.45, 7) is 3.82. The molecule has 1 unspecified atom stereocenters. The zero-order chi connectivity index (χ0) is 24.9. The Morgan fingerprint density at radius 3 is 2.23 bits per heavy atom. The molecule has 180 valence electrons. The molecule has 7 heteroatoms. The maximum absolute atomic E-state index is 12.7. The second-order valence-electron chi connectivity index (χ2n) is 8.78. The van der Waals surface area contributed by atoms with Crippen LogP contribution in [0.4, 0.5) is 10.5 Å². The smallest absolute Gasteiger partial charge is 0.411 e. The summed E-state index contributed by atoms with van der Waals surface area (Å²) >= 11 is 0. The van der Waals surface area contributed by atoms with Crippen LogP contribution in [0.25, 0.3) is 11.1 Å². The minimum absolute atomic E-state index is 0.0647. The number of carboxylic acid groups (broad SMARTS) is 1. The van der Waals surface area contributed by atoms with E-state index in [4.69, 9.17) is 9.84 Å². The van der Waals surface area contributed by atoms with E-state index in [2.05, 4.69) is 34.9 Å². The fourth-order valence-corrected chi connectivity index (χ4v) is 4.32. The topological polar surface area (TPSA) is 105 Å². The van der Waals surface area contributed by atoms with Crippen molar-refractivity contribution in [1.82, 2.24) is 5.32 Å². The number of amides is 2. The Balaban J connectivity index is 1.42. The Morgan fingerprint density at radius 2 is 1.60 bits per heavy atom. The molecule has 3 aromatic rings. The molecule has 7 nitrogen and oxygen atoms in total. The van der Waals surface area contributed by atoms with Gasteiger partial charge in [0.15, 0.2) is 0 Å². The first-order valence-electron chi connectivity index (χ1n) is 11.6. The number of carboxylic acids is 1. The maximum Gasteiger partial charge on any atom is 0.411 e. The van der Waals surface area contributed by atoms with Crippen LogP contribution in [-0.2, 0) is 9.53 Å². The van der Waals surface area contributed by atoms with Gasteiger partial charge in [0.05, 0.1) is 17.2 Å². The second-order valence-corrected chi connectivity index (χ2v) is 8.78. The van der Waals surface area contributed by atoms with Crippen molar-refractivity contribution in [3.05, 3.63) is 89.0 Å². The molecule has 2 amide bonds. The monoisotopic (exact) mass is 472 g/mol. The van der Waals surface area contributed by atoms with Crippen LogP contribution in [-0.4, -0.2) is 36.2 Å². The molecule has 1 aliphatic rings. The highest BCUT2D eigenvalue weighted by Crippen LogP contribution is 2.44. The van der Waals surface area contributed by atoms with Crippen molar-refractivity contribution in [2.24, 2.45) is 5.92 Å². The molecule has 1 aliphatic carbocycles. The van der Waals surface area contributed by atoms with Gasteiger partial charge in [-0.15, -0.1) is 0 Å². The van der Waals surface area contributed by atoms with Crippen LogP contribution in [0, 0.1) is 12.8 Å². The predicted molar refractivity (Wildman–Crippen MR) is 134 cm³/mol. The number of aliphatic carboxylic acids is 1. The van der Waals surface area contributed by atoms with Gasteiger partial charge in [-0.2, -0.15) is 0 Å². The van der Waals surface area contributed by atoms with E-state index >= 15 is 0 Å². The number of rotatable bonds is 8. The summed E-state index contributed by atoms with van der Waals surface area (Å²) in [6.07, 6.45) is -0.341. The van der Waals surface area contributed by atoms with Crippen LogP contribution in [0.15, 0.2) is 66.7 Å². The highest BCUT2D eigenvalue weighted by atomic mass is 16.5. The van der Waals surface area contributed by atoms with E-state index < -0.39 is 18.0 Å². The molecule has 0 radical (unpaired) electrons. The maximum atomic E-state index is 12.7. The molecule has 3 N–H and O–H groups in total. The Labute approximate surface area is 204 Å². The van der Waals surface area contributed by atoms with E-state index in [0.29, 0.717) is 17.7 Å². The summed E-state index contributed by atoms with van der Waals surface area (Å²) in [4.78, 5) is 36.4. The normalized spacial score (nSPS) is 12.9. The molecule has 0 aliphatic heterocycles. The Morgan fingerprint density at radius 1 is 0.971 bits per heavy atom. The number of benzene rings is 3. The van der Waals surface area contributed by atoms with Gasteiger partial charge in [0, 0.05) is 12.5 Å². The zero-order valence-corrected chi connectivity index (χ0v) is 19.7. The van der Waals surface area contributed by atoms with Gasteiger partial charge in [-0.25, -0.2) is 4.79 Å². The van der Waals surface area contributed by atoms with Gasteiger partial charge < -0.3 is 15.2 Å². The third kappa shape index (κ3) is 5.35. The van der Waals surface area contributed by atoms with Gasteiger partial charge in [-0.05, 0) is 47.7 Å². The molecule has 3 aromatic carbocycles. The fraction of sp³-hybridized carbons (Fsp3) is 0.250. The van der Waals surface area contributed by atoms with E-state index in [1.54, 1.807) is 25.1 Å². The number of fused-ring (bicyclic) bond motifs is 3. The molecule has 0 bridgehead atoms. The molecule has 35 heavy (non-hydrogen) atoms. The molecular formula is C28H28N2O5. The van der Waals surface area contributed by atoms with Crippen molar-refractivity contribution >= 4 is 23.7 Å². The van der Waals surface area contributed by atoms with Crippen molar-refractivity contribution in [2.75, 3.05) is 18.5 Å². The fourth-order valence-electron chi connectivity index (χ4n) is 4.32. The van der Waals surface area contributed by atoms with E-state index in [1.807, 2.05) is 31.2 Å². The van der Waals surface area contributed by atoms with Crippen LogP contribution in [0.1, 0.15) is 46.3 Å². The molecule has 4 rings (SSSR count). The third-order valence-corrected chi connectivity index (χ3v) is 6.28. The number of anilines is 1. The van der Waals surface area contributed by atoms with E-state index in [-0.39, 0.29) is 25.0 Å². The molecular weight excluding hydrogens is 444 g/mol. The minimum Gasteiger partial charge on any atom is -0.481 e. The highest BCUT2D eigenvalue weighted by Gasteiger charge is 2.29. The van der Waals surface area contributed by atoms with Gasteiger partial charge in [0.1, 0.15) is 6.61 Å². The standard InChI is InChI=1S/C28H28N2O5/c1-17-11-12-25(23(15-17)26(31)29-14-13-18(2)27(32)33)30-28(34)35-16-24-21-9-5-3-7-19(21)20-8-4-6-10-22(20)24/h3-12,15,18,24H,13-14,16H2,1-2H3,(H,29,31)(H,30,34)(H,32,33). The molecule has 0 saturated carbocycles. The minimum atomic E-state index is -0.910. The highest BCUT2D eigenvalue weighted by molar-refractivity contribution is 6.02.